The smallest absolute Gasteiger partial charge is 0.0348 e. The molecule has 0 aliphatic heterocycles. The summed E-state index contributed by atoms with van der Waals surface area (Å²) in [6.07, 6.45) is 11.5. The fraction of sp³-hybridized carbons (Fsp3) is 0.882. The Bertz CT molecular complexity index is 228. The average molecular weight is 236 g/mol. The Balaban J connectivity index is 2.53. The van der Waals surface area contributed by atoms with Crippen molar-refractivity contribution in [3.63, 3.8) is 0 Å². The molecule has 0 heteroatoms. The molecule has 1 saturated carbocycles. The van der Waals surface area contributed by atoms with Gasteiger partial charge in [-0.25, -0.2) is 0 Å². The third kappa shape index (κ3) is 4.48. The largest absolute Gasteiger partial charge is 0.0888 e. The number of hydrogen-bond donors (Lipinski definition) is 0. The topological polar surface area (TPSA) is 0 Å². The molecule has 0 aromatic heterocycles. The minimum absolute atomic E-state index is 0.903. The summed E-state index contributed by atoms with van der Waals surface area (Å²) in [7, 11) is 0. The highest BCUT2D eigenvalue weighted by Gasteiger charge is 2.31. The second-order valence-electron chi connectivity index (χ2n) is 6.49. The number of hydrogen-bond acceptors (Lipinski definition) is 0. The van der Waals surface area contributed by atoms with E-state index in [1.54, 1.807) is 0 Å². The first-order chi connectivity index (χ1) is 8.06. The van der Waals surface area contributed by atoms with Gasteiger partial charge in [0.1, 0.15) is 0 Å². The normalized spacial score (nSPS) is 39.5. The molecule has 1 rings (SSSR count). The second-order valence-corrected chi connectivity index (χ2v) is 6.49. The molecule has 100 valence electrons. The molecule has 17 heavy (non-hydrogen) atoms. The van der Waals surface area contributed by atoms with E-state index in [1.165, 1.54) is 32.1 Å². The van der Waals surface area contributed by atoms with Crippen LogP contribution in [-0.2, 0) is 0 Å². The second kappa shape index (κ2) is 7.24. The van der Waals surface area contributed by atoms with Gasteiger partial charge >= 0.3 is 0 Å². The van der Waals surface area contributed by atoms with Gasteiger partial charge in [-0.15, -0.1) is 0 Å². The summed E-state index contributed by atoms with van der Waals surface area (Å²) in [5, 5.41) is 0. The van der Waals surface area contributed by atoms with Crippen molar-refractivity contribution in [2.24, 2.45) is 29.6 Å². The van der Waals surface area contributed by atoms with E-state index in [-0.39, 0.29) is 0 Å². The van der Waals surface area contributed by atoms with E-state index in [0.29, 0.717) is 0 Å². The van der Waals surface area contributed by atoms with Crippen LogP contribution in [0.2, 0.25) is 0 Å². The molecule has 1 aliphatic carbocycles. The molecule has 0 spiro atoms. The van der Waals surface area contributed by atoms with Gasteiger partial charge in [-0.05, 0) is 61.7 Å². The quantitative estimate of drug-likeness (QED) is 0.434. The van der Waals surface area contributed by atoms with E-state index in [9.17, 15) is 0 Å². The van der Waals surface area contributed by atoms with Gasteiger partial charge in [-0.2, -0.15) is 0 Å². The van der Waals surface area contributed by atoms with E-state index in [1.807, 2.05) is 0 Å². The van der Waals surface area contributed by atoms with Crippen molar-refractivity contribution in [1.82, 2.24) is 0 Å². The van der Waals surface area contributed by atoms with Crippen LogP contribution in [0.1, 0.15) is 66.7 Å². The lowest BCUT2D eigenvalue weighted by atomic mass is 9.77. The summed E-state index contributed by atoms with van der Waals surface area (Å²) in [4.78, 5) is 0. The Labute approximate surface area is 109 Å². The van der Waals surface area contributed by atoms with Gasteiger partial charge in [0.25, 0.3) is 0 Å². The van der Waals surface area contributed by atoms with Crippen molar-refractivity contribution >= 4 is 0 Å². The summed E-state index contributed by atoms with van der Waals surface area (Å²) in [5.41, 5.74) is 0. The molecule has 1 aliphatic rings. The molecular weight excluding hydrogens is 204 g/mol. The average Bonchev–Trinajstić information content (AvgIpc) is 2.38. The molecular formula is C17H32. The van der Waals surface area contributed by atoms with Gasteiger partial charge in [-0.1, -0.05) is 46.8 Å². The van der Waals surface area contributed by atoms with Gasteiger partial charge in [0.2, 0.25) is 0 Å². The summed E-state index contributed by atoms with van der Waals surface area (Å²) in [5.74, 6) is 4.60. The number of rotatable bonds is 4. The third-order valence-electron chi connectivity index (χ3n) is 5.06. The van der Waals surface area contributed by atoms with E-state index in [2.05, 4.69) is 46.8 Å². The van der Waals surface area contributed by atoms with Crippen molar-refractivity contribution in [2.75, 3.05) is 0 Å². The van der Waals surface area contributed by atoms with Crippen LogP contribution in [0.5, 0.6) is 0 Å². The van der Waals surface area contributed by atoms with Crippen molar-refractivity contribution < 1.29 is 0 Å². The fourth-order valence-corrected chi connectivity index (χ4v) is 3.60. The van der Waals surface area contributed by atoms with Crippen molar-refractivity contribution in [2.45, 2.75) is 66.7 Å². The maximum Gasteiger partial charge on any atom is -0.0348 e. The van der Waals surface area contributed by atoms with Crippen molar-refractivity contribution in [3.05, 3.63) is 12.2 Å². The Kier molecular flexibility index (Phi) is 6.30. The molecule has 5 unspecified atom stereocenters. The maximum absolute atomic E-state index is 2.49. The molecule has 5 atom stereocenters. The first-order valence-electron chi connectivity index (χ1n) is 7.71. The van der Waals surface area contributed by atoms with E-state index in [4.69, 9.17) is 0 Å². The first kappa shape index (κ1) is 14.8. The molecule has 0 bridgehead atoms. The summed E-state index contributed by atoms with van der Waals surface area (Å²) < 4.78 is 0. The summed E-state index contributed by atoms with van der Waals surface area (Å²) in [6.45, 7) is 12.1. The Morgan fingerprint density at radius 3 is 2.29 bits per heavy atom. The van der Waals surface area contributed by atoms with Crippen LogP contribution in [-0.4, -0.2) is 0 Å². The molecule has 0 heterocycles. The molecule has 1 fully saturated rings. The van der Waals surface area contributed by atoms with E-state index < -0.39 is 0 Å². The molecule has 0 saturated heterocycles. The van der Waals surface area contributed by atoms with Crippen LogP contribution in [0.15, 0.2) is 12.2 Å². The highest BCUT2D eigenvalue weighted by molar-refractivity contribution is 4.85. The van der Waals surface area contributed by atoms with Crippen LogP contribution in [0.4, 0.5) is 0 Å². The van der Waals surface area contributed by atoms with Gasteiger partial charge in [0, 0.05) is 0 Å². The summed E-state index contributed by atoms with van der Waals surface area (Å²) in [6, 6.07) is 0. The lowest BCUT2D eigenvalue weighted by molar-refractivity contribution is 0.214. The zero-order chi connectivity index (χ0) is 12.8. The maximum atomic E-state index is 2.49. The van der Waals surface area contributed by atoms with E-state index >= 15 is 0 Å². The van der Waals surface area contributed by atoms with Crippen LogP contribution in [0.25, 0.3) is 0 Å². The minimum atomic E-state index is 0.903. The van der Waals surface area contributed by atoms with Crippen LogP contribution in [0, 0.1) is 29.6 Å². The van der Waals surface area contributed by atoms with Gasteiger partial charge in [0.15, 0.2) is 0 Å². The molecule has 0 N–H and O–H groups in total. The highest BCUT2D eigenvalue weighted by Crippen LogP contribution is 2.40. The first-order valence-corrected chi connectivity index (χ1v) is 7.71. The standard InChI is InChI=1S/C17H32/c1-6-7-8-9-10-17-12-13(2)11-14(3)15(4)16(17)5/h7-8,13-17H,6,9-12H2,1-5H3. The molecule has 0 aromatic carbocycles. The third-order valence-corrected chi connectivity index (χ3v) is 5.06. The lowest BCUT2D eigenvalue weighted by Gasteiger charge is -2.28. The minimum Gasteiger partial charge on any atom is -0.0888 e. The fourth-order valence-electron chi connectivity index (χ4n) is 3.60. The van der Waals surface area contributed by atoms with E-state index in [0.717, 1.165) is 29.6 Å². The molecule has 0 nitrogen and oxygen atoms in total. The Hall–Kier alpha value is -0.260. The Morgan fingerprint density at radius 2 is 1.65 bits per heavy atom. The van der Waals surface area contributed by atoms with Gasteiger partial charge < -0.3 is 0 Å². The van der Waals surface area contributed by atoms with Gasteiger partial charge in [0.05, 0.1) is 0 Å². The van der Waals surface area contributed by atoms with Gasteiger partial charge in [-0.3, -0.25) is 0 Å². The highest BCUT2D eigenvalue weighted by atomic mass is 14.4. The van der Waals surface area contributed by atoms with Crippen LogP contribution < -0.4 is 0 Å². The van der Waals surface area contributed by atoms with Crippen LogP contribution >= 0.6 is 0 Å². The predicted molar refractivity (Wildman–Crippen MR) is 78.0 cm³/mol. The molecule has 0 aromatic rings. The number of allylic oxidation sites excluding steroid dienone is 2. The SMILES string of the molecule is CCC=CCCC1CC(C)CC(C)C(C)C1C. The molecule has 0 amide bonds. The summed E-state index contributed by atoms with van der Waals surface area (Å²) >= 11 is 0. The zero-order valence-corrected chi connectivity index (χ0v) is 12.6. The zero-order valence-electron chi connectivity index (χ0n) is 12.6. The van der Waals surface area contributed by atoms with Crippen molar-refractivity contribution in [1.29, 1.82) is 0 Å². The van der Waals surface area contributed by atoms with Crippen LogP contribution in [0.3, 0.4) is 0 Å². The predicted octanol–water partition coefficient (Wildman–Crippen LogP) is 5.69. The van der Waals surface area contributed by atoms with Crippen molar-refractivity contribution in [3.8, 4) is 0 Å². The lowest BCUT2D eigenvalue weighted by Crippen LogP contribution is -2.20. The monoisotopic (exact) mass is 236 g/mol. The molecule has 0 radical (unpaired) electrons. The Morgan fingerprint density at radius 1 is 0.941 bits per heavy atom.